The van der Waals surface area contributed by atoms with Crippen LogP contribution in [0.3, 0.4) is 0 Å². The molecule has 2 N–H and O–H groups in total. The summed E-state index contributed by atoms with van der Waals surface area (Å²) >= 11 is 0. The predicted octanol–water partition coefficient (Wildman–Crippen LogP) is -0.450. The molecule has 1 aromatic rings. The minimum atomic E-state index is -3.22. The maximum atomic E-state index is 11.6. The van der Waals surface area contributed by atoms with E-state index in [1.165, 1.54) is 24.3 Å². The first-order valence-electron chi connectivity index (χ1n) is 4.66. The molecule has 0 spiro atoms. The van der Waals surface area contributed by atoms with E-state index >= 15 is 0 Å². The summed E-state index contributed by atoms with van der Waals surface area (Å²) in [4.78, 5) is 0.216. The van der Waals surface area contributed by atoms with Gasteiger partial charge in [0.25, 0.3) is 0 Å². The van der Waals surface area contributed by atoms with Gasteiger partial charge in [-0.05, 0) is 24.0 Å². The van der Waals surface area contributed by atoms with Gasteiger partial charge in [0, 0.05) is 0 Å². The Morgan fingerprint density at radius 1 is 1.20 bits per heavy atom. The third-order valence-corrected chi connectivity index (χ3v) is 3.95. The lowest BCUT2D eigenvalue weighted by atomic mass is 9.81. The molecule has 1 aromatic carbocycles. The Morgan fingerprint density at radius 3 is 2.13 bits per heavy atom. The maximum absolute atomic E-state index is 11.6. The molecular weight excluding hydrogens is 215 g/mol. The van der Waals surface area contributed by atoms with Crippen LogP contribution in [0.5, 0.6) is 0 Å². The van der Waals surface area contributed by atoms with Crippen molar-refractivity contribution in [1.29, 1.82) is 0 Å². The Morgan fingerprint density at radius 2 is 1.73 bits per heavy atom. The standard InChI is InChI=1S/C9H13BO4S/c1-2-7-15(13,14)9-5-3-8(4-6-9)10(11)12/h3-6,11-12H,2,7H2,1H3. The highest BCUT2D eigenvalue weighted by molar-refractivity contribution is 7.91. The van der Waals surface area contributed by atoms with Crippen LogP contribution in [0.4, 0.5) is 0 Å². The van der Waals surface area contributed by atoms with Gasteiger partial charge in [0.1, 0.15) is 0 Å². The highest BCUT2D eigenvalue weighted by atomic mass is 32.2. The normalized spacial score (nSPS) is 11.4. The summed E-state index contributed by atoms with van der Waals surface area (Å²) in [6.45, 7) is 1.80. The molecule has 0 aromatic heterocycles. The highest BCUT2D eigenvalue weighted by Gasteiger charge is 2.15. The van der Waals surface area contributed by atoms with Gasteiger partial charge in [-0.3, -0.25) is 0 Å². The fourth-order valence-corrected chi connectivity index (χ4v) is 2.56. The zero-order valence-electron chi connectivity index (χ0n) is 8.42. The quantitative estimate of drug-likeness (QED) is 0.684. The van der Waals surface area contributed by atoms with Crippen molar-refractivity contribution < 1.29 is 18.5 Å². The molecule has 0 aliphatic heterocycles. The lowest BCUT2D eigenvalue weighted by molar-refractivity contribution is 0.425. The summed E-state index contributed by atoms with van der Waals surface area (Å²) < 4.78 is 23.2. The van der Waals surface area contributed by atoms with Crippen LogP contribution in [0, 0.1) is 0 Å². The van der Waals surface area contributed by atoms with E-state index in [4.69, 9.17) is 10.0 Å². The van der Waals surface area contributed by atoms with E-state index in [1.54, 1.807) is 6.92 Å². The molecule has 6 heteroatoms. The summed E-state index contributed by atoms with van der Waals surface area (Å²) in [6, 6.07) is 5.57. The second-order valence-electron chi connectivity index (χ2n) is 3.26. The molecule has 0 saturated carbocycles. The van der Waals surface area contributed by atoms with E-state index in [0.717, 1.165) is 0 Å². The van der Waals surface area contributed by atoms with Gasteiger partial charge < -0.3 is 10.0 Å². The minimum absolute atomic E-state index is 0.105. The van der Waals surface area contributed by atoms with Gasteiger partial charge in [-0.25, -0.2) is 8.42 Å². The van der Waals surface area contributed by atoms with Crippen molar-refractivity contribution in [1.82, 2.24) is 0 Å². The number of hydrogen-bond acceptors (Lipinski definition) is 4. The van der Waals surface area contributed by atoms with E-state index in [1.807, 2.05) is 0 Å². The first-order valence-corrected chi connectivity index (χ1v) is 6.31. The first-order chi connectivity index (χ1) is 6.97. The second-order valence-corrected chi connectivity index (χ2v) is 5.37. The molecule has 0 aliphatic carbocycles. The monoisotopic (exact) mass is 228 g/mol. The van der Waals surface area contributed by atoms with Crippen LogP contribution in [0.15, 0.2) is 29.2 Å². The number of benzene rings is 1. The number of hydrogen-bond donors (Lipinski definition) is 2. The van der Waals surface area contributed by atoms with Crippen molar-refractivity contribution >= 4 is 22.4 Å². The van der Waals surface area contributed by atoms with Crippen LogP contribution in [0.2, 0.25) is 0 Å². The Balaban J connectivity index is 2.99. The largest absolute Gasteiger partial charge is 0.488 e. The van der Waals surface area contributed by atoms with Gasteiger partial charge >= 0.3 is 7.12 Å². The molecule has 0 amide bonds. The zero-order chi connectivity index (χ0) is 11.5. The molecule has 0 saturated heterocycles. The lowest BCUT2D eigenvalue weighted by Crippen LogP contribution is -2.29. The van der Waals surface area contributed by atoms with Gasteiger partial charge in [0.15, 0.2) is 9.84 Å². The summed E-state index contributed by atoms with van der Waals surface area (Å²) in [5.74, 6) is 0.105. The fraction of sp³-hybridized carbons (Fsp3) is 0.333. The molecule has 15 heavy (non-hydrogen) atoms. The van der Waals surface area contributed by atoms with Crippen LogP contribution < -0.4 is 5.46 Å². The molecule has 4 nitrogen and oxygen atoms in total. The van der Waals surface area contributed by atoms with Crippen LogP contribution in [-0.2, 0) is 9.84 Å². The Kier molecular flexibility index (Phi) is 3.90. The molecule has 1 rings (SSSR count). The topological polar surface area (TPSA) is 74.6 Å². The second kappa shape index (κ2) is 4.78. The molecule has 0 unspecified atom stereocenters. The summed E-state index contributed by atoms with van der Waals surface area (Å²) in [5, 5.41) is 17.7. The van der Waals surface area contributed by atoms with Gasteiger partial charge in [-0.2, -0.15) is 0 Å². The molecule has 0 radical (unpaired) electrons. The third kappa shape index (κ3) is 3.05. The van der Waals surface area contributed by atoms with E-state index in [0.29, 0.717) is 6.42 Å². The average molecular weight is 228 g/mol. The lowest BCUT2D eigenvalue weighted by Gasteiger charge is -2.04. The van der Waals surface area contributed by atoms with E-state index in [-0.39, 0.29) is 16.1 Å². The van der Waals surface area contributed by atoms with E-state index in [9.17, 15) is 8.42 Å². The van der Waals surface area contributed by atoms with Gasteiger partial charge in [-0.15, -0.1) is 0 Å². The average Bonchev–Trinajstić information content (AvgIpc) is 2.18. The summed E-state index contributed by atoms with van der Waals surface area (Å²) in [6.07, 6.45) is 0.562. The van der Waals surface area contributed by atoms with Crippen LogP contribution in [0.25, 0.3) is 0 Å². The van der Waals surface area contributed by atoms with Crippen molar-refractivity contribution in [2.24, 2.45) is 0 Å². The Hall–Kier alpha value is -0.845. The zero-order valence-corrected chi connectivity index (χ0v) is 9.24. The van der Waals surface area contributed by atoms with Crippen molar-refractivity contribution in [3.05, 3.63) is 24.3 Å². The van der Waals surface area contributed by atoms with Crippen LogP contribution in [0.1, 0.15) is 13.3 Å². The molecular formula is C9H13BO4S. The Labute approximate surface area is 89.6 Å². The highest BCUT2D eigenvalue weighted by Crippen LogP contribution is 2.10. The van der Waals surface area contributed by atoms with E-state index in [2.05, 4.69) is 0 Å². The van der Waals surface area contributed by atoms with Crippen LogP contribution >= 0.6 is 0 Å². The van der Waals surface area contributed by atoms with Crippen molar-refractivity contribution in [2.45, 2.75) is 18.2 Å². The van der Waals surface area contributed by atoms with E-state index < -0.39 is 17.0 Å². The smallest absolute Gasteiger partial charge is 0.423 e. The SMILES string of the molecule is CCCS(=O)(=O)c1ccc(B(O)O)cc1. The van der Waals surface area contributed by atoms with Gasteiger partial charge in [0.05, 0.1) is 10.6 Å². The minimum Gasteiger partial charge on any atom is -0.423 e. The molecule has 82 valence electrons. The molecule has 0 aliphatic rings. The maximum Gasteiger partial charge on any atom is 0.488 e. The predicted molar refractivity (Wildman–Crippen MR) is 58.6 cm³/mol. The van der Waals surface area contributed by atoms with Crippen molar-refractivity contribution in [3.63, 3.8) is 0 Å². The molecule has 0 bridgehead atoms. The summed E-state index contributed by atoms with van der Waals surface area (Å²) in [5.41, 5.74) is 0.283. The van der Waals surface area contributed by atoms with Crippen LogP contribution in [-0.4, -0.2) is 31.3 Å². The number of rotatable bonds is 4. The molecule has 0 atom stereocenters. The fourth-order valence-electron chi connectivity index (χ4n) is 1.23. The molecule has 0 heterocycles. The summed E-state index contributed by atoms with van der Waals surface area (Å²) in [7, 11) is -4.78. The van der Waals surface area contributed by atoms with Gasteiger partial charge in [-0.1, -0.05) is 19.1 Å². The third-order valence-electron chi connectivity index (χ3n) is 2.01. The van der Waals surface area contributed by atoms with Crippen molar-refractivity contribution in [3.8, 4) is 0 Å². The molecule has 0 fully saturated rings. The number of sulfone groups is 1. The van der Waals surface area contributed by atoms with Gasteiger partial charge in [0.2, 0.25) is 0 Å². The Bertz CT molecular complexity index is 410. The first kappa shape index (κ1) is 12.2. The van der Waals surface area contributed by atoms with Crippen molar-refractivity contribution in [2.75, 3.05) is 5.75 Å².